The molecular formula is C10H11BrN2O4S. The van der Waals surface area contributed by atoms with Crippen molar-refractivity contribution in [2.45, 2.75) is 18.9 Å². The molecule has 18 heavy (non-hydrogen) atoms. The van der Waals surface area contributed by atoms with Crippen LogP contribution in [0.1, 0.15) is 12.5 Å². The van der Waals surface area contributed by atoms with Gasteiger partial charge in [-0.1, -0.05) is 6.92 Å². The number of carboxylic acids is 1. The lowest BCUT2D eigenvalue weighted by molar-refractivity contribution is -0.385. The van der Waals surface area contributed by atoms with Crippen molar-refractivity contribution in [3.63, 3.8) is 0 Å². The van der Waals surface area contributed by atoms with Gasteiger partial charge in [-0.15, -0.1) is 11.8 Å². The molecule has 0 spiro atoms. The van der Waals surface area contributed by atoms with E-state index in [-0.39, 0.29) is 5.69 Å². The summed E-state index contributed by atoms with van der Waals surface area (Å²) >= 11 is 4.51. The minimum Gasteiger partial charge on any atom is -0.481 e. The fourth-order valence-corrected chi connectivity index (χ4v) is 2.71. The van der Waals surface area contributed by atoms with E-state index >= 15 is 0 Å². The number of pyridine rings is 1. The minimum absolute atomic E-state index is 0.0579. The van der Waals surface area contributed by atoms with Crippen LogP contribution in [-0.2, 0) is 4.79 Å². The fourth-order valence-electron chi connectivity index (χ4n) is 1.11. The number of thioether (sulfide) groups is 1. The van der Waals surface area contributed by atoms with Gasteiger partial charge in [0.2, 0.25) is 0 Å². The van der Waals surface area contributed by atoms with Gasteiger partial charge in [-0.3, -0.25) is 14.9 Å². The summed E-state index contributed by atoms with van der Waals surface area (Å²) in [6, 6.07) is 0. The molecule has 1 heterocycles. The van der Waals surface area contributed by atoms with Crippen molar-refractivity contribution >= 4 is 39.3 Å². The molecule has 0 aliphatic rings. The second-order valence-corrected chi connectivity index (χ2v) is 5.50. The van der Waals surface area contributed by atoms with Crippen molar-refractivity contribution in [2.75, 3.05) is 5.75 Å². The van der Waals surface area contributed by atoms with Crippen LogP contribution in [-0.4, -0.2) is 26.7 Å². The van der Waals surface area contributed by atoms with Gasteiger partial charge >= 0.3 is 5.97 Å². The second kappa shape index (κ2) is 6.14. The zero-order valence-corrected chi connectivity index (χ0v) is 12.1. The number of hydrogen-bond acceptors (Lipinski definition) is 5. The van der Waals surface area contributed by atoms with Gasteiger partial charge in [0.25, 0.3) is 5.69 Å². The zero-order valence-electron chi connectivity index (χ0n) is 9.71. The first-order valence-corrected chi connectivity index (χ1v) is 6.77. The predicted octanol–water partition coefficient (Wildman–Crippen LogP) is 2.87. The van der Waals surface area contributed by atoms with Gasteiger partial charge in [0.05, 0.1) is 15.3 Å². The number of aliphatic carboxylic acids is 1. The molecule has 0 aromatic carbocycles. The van der Waals surface area contributed by atoms with E-state index in [0.29, 0.717) is 20.8 Å². The van der Waals surface area contributed by atoms with Crippen LogP contribution in [0.4, 0.5) is 5.69 Å². The van der Waals surface area contributed by atoms with Gasteiger partial charge in [-0.25, -0.2) is 4.98 Å². The molecule has 1 unspecified atom stereocenters. The first-order valence-electron chi connectivity index (χ1n) is 4.99. The smallest absolute Gasteiger partial charge is 0.307 e. The summed E-state index contributed by atoms with van der Waals surface area (Å²) in [5.74, 6) is -1.02. The average Bonchev–Trinajstić information content (AvgIpc) is 2.30. The van der Waals surface area contributed by atoms with E-state index in [4.69, 9.17) is 5.11 Å². The number of nitro groups is 1. The normalized spacial score (nSPS) is 12.2. The average molecular weight is 335 g/mol. The fraction of sp³-hybridized carbons (Fsp3) is 0.400. The number of rotatable bonds is 5. The Hall–Kier alpha value is -1.15. The van der Waals surface area contributed by atoms with Gasteiger partial charge in [0.15, 0.2) is 0 Å². The lowest BCUT2D eigenvalue weighted by atomic mass is 10.2. The molecule has 0 fully saturated rings. The molecule has 0 amide bonds. The second-order valence-electron chi connectivity index (χ2n) is 3.69. The molecule has 0 aliphatic carbocycles. The molecule has 0 saturated heterocycles. The summed E-state index contributed by atoms with van der Waals surface area (Å²) < 4.78 is 0.541. The molecule has 1 aromatic rings. The number of halogens is 1. The first kappa shape index (κ1) is 14.9. The molecule has 8 heteroatoms. The number of carboxylic acid groups (broad SMARTS) is 1. The van der Waals surface area contributed by atoms with E-state index in [9.17, 15) is 14.9 Å². The molecule has 6 nitrogen and oxygen atoms in total. The standard InChI is InChI=1S/C10H11BrN2O4S/c1-5(10(14)15)4-18-9-8(11)6(2)7(3-12-9)13(16)17/h3,5H,4H2,1-2H3,(H,14,15). The molecule has 0 saturated carbocycles. The molecular weight excluding hydrogens is 324 g/mol. The summed E-state index contributed by atoms with van der Waals surface area (Å²) in [6.45, 7) is 3.22. The first-order chi connectivity index (χ1) is 8.34. The Balaban J connectivity index is 2.89. The van der Waals surface area contributed by atoms with Gasteiger partial charge in [0.1, 0.15) is 11.2 Å². The Bertz CT molecular complexity index is 495. The highest BCUT2D eigenvalue weighted by Crippen LogP contribution is 2.33. The summed E-state index contributed by atoms with van der Waals surface area (Å²) in [4.78, 5) is 24.9. The highest BCUT2D eigenvalue weighted by Gasteiger charge is 2.19. The van der Waals surface area contributed by atoms with E-state index in [1.165, 1.54) is 18.0 Å². The van der Waals surface area contributed by atoms with Gasteiger partial charge in [-0.05, 0) is 22.9 Å². The summed E-state index contributed by atoms with van der Waals surface area (Å²) in [5, 5.41) is 20.0. The maximum atomic E-state index is 10.7. The maximum Gasteiger partial charge on any atom is 0.307 e. The van der Waals surface area contributed by atoms with Crippen molar-refractivity contribution in [3.05, 3.63) is 26.3 Å². The minimum atomic E-state index is -0.878. The third-order valence-corrected chi connectivity index (χ3v) is 4.78. The van der Waals surface area contributed by atoms with Crippen LogP contribution in [0.5, 0.6) is 0 Å². The van der Waals surface area contributed by atoms with Crippen LogP contribution >= 0.6 is 27.7 Å². The quantitative estimate of drug-likeness (QED) is 0.505. The van der Waals surface area contributed by atoms with E-state index in [1.54, 1.807) is 13.8 Å². The van der Waals surface area contributed by atoms with Crippen LogP contribution < -0.4 is 0 Å². The van der Waals surface area contributed by atoms with Crippen LogP contribution in [0.3, 0.4) is 0 Å². The van der Waals surface area contributed by atoms with Crippen molar-refractivity contribution in [1.82, 2.24) is 4.98 Å². The van der Waals surface area contributed by atoms with Crippen molar-refractivity contribution in [1.29, 1.82) is 0 Å². The molecule has 0 bridgehead atoms. The monoisotopic (exact) mass is 334 g/mol. The van der Waals surface area contributed by atoms with E-state index in [0.717, 1.165) is 0 Å². The van der Waals surface area contributed by atoms with Crippen LogP contribution in [0, 0.1) is 23.0 Å². The number of aromatic nitrogens is 1. The maximum absolute atomic E-state index is 10.7. The third kappa shape index (κ3) is 3.42. The lowest BCUT2D eigenvalue weighted by Crippen LogP contribution is -2.12. The largest absolute Gasteiger partial charge is 0.481 e. The number of nitrogens with zero attached hydrogens (tertiary/aromatic N) is 2. The lowest BCUT2D eigenvalue weighted by Gasteiger charge is -2.08. The highest BCUT2D eigenvalue weighted by molar-refractivity contribution is 9.10. The molecule has 98 valence electrons. The summed E-state index contributed by atoms with van der Waals surface area (Å²) in [5.41, 5.74) is 0.429. The van der Waals surface area contributed by atoms with E-state index < -0.39 is 16.8 Å². The Kier molecular flexibility index (Phi) is 5.09. The highest BCUT2D eigenvalue weighted by atomic mass is 79.9. The third-order valence-electron chi connectivity index (χ3n) is 2.29. The molecule has 1 rings (SSSR count). The predicted molar refractivity (Wildman–Crippen MR) is 70.9 cm³/mol. The van der Waals surface area contributed by atoms with Gasteiger partial charge in [0, 0.05) is 11.3 Å². The van der Waals surface area contributed by atoms with Crippen LogP contribution in [0.25, 0.3) is 0 Å². The van der Waals surface area contributed by atoms with E-state index in [1.807, 2.05) is 0 Å². The van der Waals surface area contributed by atoms with Gasteiger partial charge < -0.3 is 5.11 Å². The molecule has 1 atom stereocenters. The van der Waals surface area contributed by atoms with Gasteiger partial charge in [-0.2, -0.15) is 0 Å². The molecule has 1 aromatic heterocycles. The molecule has 0 radical (unpaired) electrons. The summed E-state index contributed by atoms with van der Waals surface area (Å²) in [7, 11) is 0. The summed E-state index contributed by atoms with van der Waals surface area (Å²) in [6.07, 6.45) is 1.19. The number of hydrogen-bond donors (Lipinski definition) is 1. The van der Waals surface area contributed by atoms with Crippen LogP contribution in [0.2, 0.25) is 0 Å². The van der Waals surface area contributed by atoms with Crippen molar-refractivity contribution in [3.8, 4) is 0 Å². The Morgan fingerprint density at radius 3 is 2.83 bits per heavy atom. The zero-order chi connectivity index (χ0) is 13.9. The number of carbonyl (C=O) groups is 1. The molecule has 0 aliphatic heterocycles. The topological polar surface area (TPSA) is 93.3 Å². The Morgan fingerprint density at radius 1 is 1.72 bits per heavy atom. The SMILES string of the molecule is Cc1c([N+](=O)[O-])cnc(SCC(C)C(=O)O)c1Br. The molecule has 1 N–H and O–H groups in total. The Morgan fingerprint density at radius 2 is 2.33 bits per heavy atom. The Labute approximate surface area is 116 Å². The van der Waals surface area contributed by atoms with Crippen molar-refractivity contribution in [2.24, 2.45) is 5.92 Å². The van der Waals surface area contributed by atoms with E-state index in [2.05, 4.69) is 20.9 Å². The van der Waals surface area contributed by atoms with Crippen LogP contribution in [0.15, 0.2) is 15.7 Å². The van der Waals surface area contributed by atoms with Crippen molar-refractivity contribution < 1.29 is 14.8 Å².